The highest BCUT2D eigenvalue weighted by Gasteiger charge is 2.27. The number of benzene rings is 2. The summed E-state index contributed by atoms with van der Waals surface area (Å²) in [5.74, 6) is 0.261. The van der Waals surface area contributed by atoms with Gasteiger partial charge in [0.2, 0.25) is 11.8 Å². The van der Waals surface area contributed by atoms with Crippen LogP contribution in [0, 0.1) is 18.7 Å². The van der Waals surface area contributed by atoms with Crippen molar-refractivity contribution in [3.8, 4) is 5.75 Å². The fourth-order valence-corrected chi connectivity index (χ4v) is 3.92. The molecular formula is C24H29ClFN3O3. The molecule has 0 saturated carbocycles. The lowest BCUT2D eigenvalue weighted by molar-refractivity contribution is -0.135. The molecule has 172 valence electrons. The summed E-state index contributed by atoms with van der Waals surface area (Å²) in [6, 6.07) is 10.3. The Labute approximate surface area is 193 Å². The number of anilines is 1. The van der Waals surface area contributed by atoms with Crippen molar-refractivity contribution in [3.05, 3.63) is 58.4 Å². The van der Waals surface area contributed by atoms with Gasteiger partial charge in [-0.05, 0) is 55.2 Å². The van der Waals surface area contributed by atoms with E-state index in [0.29, 0.717) is 61.8 Å². The van der Waals surface area contributed by atoms with Crippen LogP contribution >= 0.6 is 11.6 Å². The number of carbonyl (C=O) groups is 2. The number of methoxy groups -OCH3 is 1. The van der Waals surface area contributed by atoms with Crippen molar-refractivity contribution >= 4 is 29.1 Å². The van der Waals surface area contributed by atoms with Crippen LogP contribution in [0.1, 0.15) is 30.4 Å². The van der Waals surface area contributed by atoms with Crippen LogP contribution in [-0.2, 0) is 16.1 Å². The molecule has 1 aliphatic rings. The van der Waals surface area contributed by atoms with Gasteiger partial charge in [-0.2, -0.15) is 0 Å². The van der Waals surface area contributed by atoms with Crippen LogP contribution in [0.4, 0.5) is 10.1 Å². The Morgan fingerprint density at radius 3 is 2.62 bits per heavy atom. The molecule has 0 spiro atoms. The Balaban J connectivity index is 1.40. The highest BCUT2D eigenvalue weighted by Crippen LogP contribution is 2.27. The lowest BCUT2D eigenvalue weighted by Gasteiger charge is -2.31. The summed E-state index contributed by atoms with van der Waals surface area (Å²) in [5, 5.41) is 6.67. The fraction of sp³-hybridized carbons (Fsp3) is 0.417. The van der Waals surface area contributed by atoms with Crippen molar-refractivity contribution in [2.24, 2.45) is 5.92 Å². The summed E-state index contributed by atoms with van der Waals surface area (Å²) in [4.78, 5) is 26.8. The molecular weight excluding hydrogens is 433 g/mol. The number of amides is 2. The van der Waals surface area contributed by atoms with Gasteiger partial charge in [0, 0.05) is 43.5 Å². The number of hydrogen-bond acceptors (Lipinski definition) is 4. The minimum atomic E-state index is -0.271. The topological polar surface area (TPSA) is 70.7 Å². The molecule has 32 heavy (non-hydrogen) atoms. The zero-order valence-electron chi connectivity index (χ0n) is 18.4. The maximum Gasteiger partial charge on any atom is 0.224 e. The third-order valence-corrected chi connectivity index (χ3v) is 5.97. The molecule has 2 amide bonds. The Hall–Kier alpha value is -2.80. The summed E-state index contributed by atoms with van der Waals surface area (Å²) >= 11 is 6.03. The fourth-order valence-electron chi connectivity index (χ4n) is 3.75. The van der Waals surface area contributed by atoms with Crippen LogP contribution < -0.4 is 15.4 Å². The van der Waals surface area contributed by atoms with Crippen molar-refractivity contribution in [2.75, 3.05) is 32.1 Å². The zero-order valence-corrected chi connectivity index (χ0v) is 19.2. The molecule has 1 heterocycles. The molecule has 0 unspecified atom stereocenters. The number of halogens is 2. The number of rotatable bonds is 8. The zero-order chi connectivity index (χ0) is 23.1. The van der Waals surface area contributed by atoms with Gasteiger partial charge in [-0.3, -0.25) is 9.59 Å². The third-order valence-electron chi connectivity index (χ3n) is 5.74. The first-order chi connectivity index (χ1) is 15.4. The molecule has 6 nitrogen and oxygen atoms in total. The van der Waals surface area contributed by atoms with Crippen LogP contribution in [0.2, 0.25) is 5.02 Å². The number of aryl methyl sites for hydroxylation is 1. The standard InChI is InChI=1S/C24H29ClFN3O3/c1-16-3-4-17(13-20(16)26)15-28-24(31)18-8-11-29(12-9-18)23(30)7-10-27-21-14-19(25)5-6-22(21)32-2/h3-6,13-14,18,27H,7-12,15H2,1-2H3,(H,28,31). The van der Waals surface area contributed by atoms with Gasteiger partial charge in [0.15, 0.2) is 0 Å². The Kier molecular flexibility index (Phi) is 8.33. The first-order valence-corrected chi connectivity index (χ1v) is 11.1. The van der Waals surface area contributed by atoms with E-state index in [-0.39, 0.29) is 23.5 Å². The number of piperidine rings is 1. The summed E-state index contributed by atoms with van der Waals surface area (Å²) in [5.41, 5.74) is 2.06. The van der Waals surface area contributed by atoms with Gasteiger partial charge < -0.3 is 20.3 Å². The minimum Gasteiger partial charge on any atom is -0.495 e. The van der Waals surface area contributed by atoms with Crippen molar-refractivity contribution < 1.29 is 18.7 Å². The van der Waals surface area contributed by atoms with Gasteiger partial charge in [0.05, 0.1) is 12.8 Å². The molecule has 1 saturated heterocycles. The van der Waals surface area contributed by atoms with Crippen molar-refractivity contribution in [3.63, 3.8) is 0 Å². The van der Waals surface area contributed by atoms with Gasteiger partial charge in [-0.25, -0.2) is 4.39 Å². The molecule has 0 bridgehead atoms. The number of nitrogens with one attached hydrogen (secondary N) is 2. The number of likely N-dealkylation sites (tertiary alicyclic amines) is 1. The number of nitrogens with zero attached hydrogens (tertiary/aromatic N) is 1. The van der Waals surface area contributed by atoms with Gasteiger partial charge in [0.25, 0.3) is 0 Å². The van der Waals surface area contributed by atoms with Crippen molar-refractivity contribution in [2.45, 2.75) is 32.7 Å². The van der Waals surface area contributed by atoms with Crippen molar-refractivity contribution in [1.29, 1.82) is 0 Å². The van der Waals surface area contributed by atoms with Crippen LogP contribution in [0.3, 0.4) is 0 Å². The van der Waals surface area contributed by atoms with E-state index in [1.54, 1.807) is 43.2 Å². The van der Waals surface area contributed by atoms with Crippen molar-refractivity contribution in [1.82, 2.24) is 10.2 Å². The molecule has 2 aromatic rings. The Morgan fingerprint density at radius 1 is 1.19 bits per heavy atom. The van der Waals surface area contributed by atoms with E-state index in [2.05, 4.69) is 10.6 Å². The van der Waals surface area contributed by atoms with Crippen LogP contribution in [0.5, 0.6) is 5.75 Å². The van der Waals surface area contributed by atoms with Crippen LogP contribution in [0.15, 0.2) is 36.4 Å². The average Bonchev–Trinajstić information content (AvgIpc) is 2.80. The lowest BCUT2D eigenvalue weighted by atomic mass is 9.95. The van der Waals surface area contributed by atoms with Gasteiger partial charge in [-0.15, -0.1) is 0 Å². The summed E-state index contributed by atoms with van der Waals surface area (Å²) < 4.78 is 18.9. The van der Waals surface area contributed by atoms with E-state index in [1.165, 1.54) is 6.07 Å². The van der Waals surface area contributed by atoms with Crippen LogP contribution in [-0.4, -0.2) is 43.5 Å². The quantitative estimate of drug-likeness (QED) is 0.619. The lowest BCUT2D eigenvalue weighted by Crippen LogP contribution is -2.43. The normalized spacial score (nSPS) is 14.2. The number of hydrogen-bond donors (Lipinski definition) is 2. The Morgan fingerprint density at radius 2 is 1.94 bits per heavy atom. The minimum absolute atomic E-state index is 0.0483. The Bertz CT molecular complexity index is 962. The SMILES string of the molecule is COc1ccc(Cl)cc1NCCC(=O)N1CCC(C(=O)NCc2ccc(C)c(F)c2)CC1. The molecule has 1 aliphatic heterocycles. The largest absolute Gasteiger partial charge is 0.495 e. The molecule has 0 atom stereocenters. The first-order valence-electron chi connectivity index (χ1n) is 10.8. The predicted molar refractivity (Wildman–Crippen MR) is 123 cm³/mol. The highest BCUT2D eigenvalue weighted by molar-refractivity contribution is 6.30. The maximum atomic E-state index is 13.7. The molecule has 1 fully saturated rings. The number of carbonyl (C=O) groups excluding carboxylic acids is 2. The van der Waals surface area contributed by atoms with E-state index < -0.39 is 0 Å². The molecule has 0 radical (unpaired) electrons. The average molecular weight is 462 g/mol. The molecule has 0 aromatic heterocycles. The number of ether oxygens (including phenoxy) is 1. The second kappa shape index (κ2) is 11.2. The molecule has 0 aliphatic carbocycles. The maximum absolute atomic E-state index is 13.7. The third kappa shape index (κ3) is 6.36. The highest BCUT2D eigenvalue weighted by atomic mass is 35.5. The van der Waals surface area contributed by atoms with E-state index in [0.717, 1.165) is 11.3 Å². The van der Waals surface area contributed by atoms with Gasteiger partial charge in [-0.1, -0.05) is 23.7 Å². The second-order valence-electron chi connectivity index (χ2n) is 7.98. The summed E-state index contributed by atoms with van der Waals surface area (Å²) in [7, 11) is 1.58. The van der Waals surface area contributed by atoms with E-state index in [4.69, 9.17) is 16.3 Å². The van der Waals surface area contributed by atoms with Crippen LogP contribution in [0.25, 0.3) is 0 Å². The van der Waals surface area contributed by atoms with E-state index in [1.807, 2.05) is 6.07 Å². The van der Waals surface area contributed by atoms with Gasteiger partial charge >= 0.3 is 0 Å². The molecule has 2 aromatic carbocycles. The van der Waals surface area contributed by atoms with E-state index in [9.17, 15) is 14.0 Å². The molecule has 3 rings (SSSR count). The first kappa shape index (κ1) is 23.9. The second-order valence-corrected chi connectivity index (χ2v) is 8.41. The summed E-state index contributed by atoms with van der Waals surface area (Å²) in [6.45, 7) is 3.57. The monoisotopic (exact) mass is 461 g/mol. The van der Waals surface area contributed by atoms with Gasteiger partial charge in [0.1, 0.15) is 11.6 Å². The summed E-state index contributed by atoms with van der Waals surface area (Å²) in [6.07, 6.45) is 1.58. The molecule has 8 heteroatoms. The molecule has 2 N–H and O–H groups in total. The predicted octanol–water partition coefficient (Wildman–Crippen LogP) is 4.15. The smallest absolute Gasteiger partial charge is 0.224 e. The van der Waals surface area contributed by atoms with E-state index >= 15 is 0 Å².